The molecule has 0 aliphatic heterocycles. The van der Waals surface area contributed by atoms with Crippen LogP contribution in [0.2, 0.25) is 0 Å². The molecule has 31 heavy (non-hydrogen) atoms. The molecule has 0 atom stereocenters. The standard InChI is InChI=1S/C25H22BrN5/c1-25(2,3)22-14-24(31(30-22)21-11-7-6-10-18(21)26)29-23-15-27-19-12-16-8-4-5-9-17(16)13-20(19)28-23/h4-15H,1-3H3,(H,28,29). The van der Waals surface area contributed by atoms with Crippen LogP contribution >= 0.6 is 15.9 Å². The number of anilines is 2. The van der Waals surface area contributed by atoms with Crippen molar-refractivity contribution in [1.82, 2.24) is 19.7 Å². The molecule has 0 saturated carbocycles. The van der Waals surface area contributed by atoms with E-state index in [1.807, 2.05) is 41.1 Å². The van der Waals surface area contributed by atoms with Crippen LogP contribution in [0.25, 0.3) is 27.5 Å². The second-order valence-corrected chi connectivity index (χ2v) is 9.45. The van der Waals surface area contributed by atoms with E-state index >= 15 is 0 Å². The number of para-hydroxylation sites is 1. The molecular formula is C25H22BrN5. The predicted octanol–water partition coefficient (Wildman–Crippen LogP) is 6.77. The van der Waals surface area contributed by atoms with Crippen LogP contribution in [-0.4, -0.2) is 19.7 Å². The summed E-state index contributed by atoms with van der Waals surface area (Å²) in [5.41, 5.74) is 3.59. The van der Waals surface area contributed by atoms with Crippen molar-refractivity contribution in [2.45, 2.75) is 26.2 Å². The number of hydrogen-bond donors (Lipinski definition) is 1. The fraction of sp³-hybridized carbons (Fsp3) is 0.160. The zero-order chi connectivity index (χ0) is 21.6. The topological polar surface area (TPSA) is 55.6 Å². The number of nitrogens with one attached hydrogen (secondary N) is 1. The van der Waals surface area contributed by atoms with Crippen molar-refractivity contribution < 1.29 is 0 Å². The summed E-state index contributed by atoms with van der Waals surface area (Å²) in [4.78, 5) is 9.46. The van der Waals surface area contributed by atoms with Gasteiger partial charge in [-0.15, -0.1) is 0 Å². The van der Waals surface area contributed by atoms with Crippen molar-refractivity contribution in [3.05, 3.63) is 83.1 Å². The maximum Gasteiger partial charge on any atom is 0.150 e. The molecule has 5 rings (SSSR count). The molecule has 1 N–H and O–H groups in total. The number of fused-ring (bicyclic) bond motifs is 2. The maximum absolute atomic E-state index is 4.89. The first-order valence-electron chi connectivity index (χ1n) is 10.2. The number of rotatable bonds is 3. The lowest BCUT2D eigenvalue weighted by Gasteiger charge is -2.14. The van der Waals surface area contributed by atoms with Crippen LogP contribution in [0.1, 0.15) is 26.5 Å². The highest BCUT2D eigenvalue weighted by Gasteiger charge is 2.21. The van der Waals surface area contributed by atoms with E-state index in [0.717, 1.165) is 43.5 Å². The van der Waals surface area contributed by atoms with Crippen LogP contribution in [0.4, 0.5) is 11.6 Å². The molecule has 0 spiro atoms. The zero-order valence-corrected chi connectivity index (χ0v) is 19.2. The van der Waals surface area contributed by atoms with E-state index in [1.165, 1.54) is 0 Å². The normalized spacial score (nSPS) is 11.9. The predicted molar refractivity (Wildman–Crippen MR) is 130 cm³/mol. The van der Waals surface area contributed by atoms with Crippen LogP contribution < -0.4 is 5.32 Å². The average Bonchev–Trinajstić information content (AvgIpc) is 3.16. The molecule has 0 radical (unpaired) electrons. The summed E-state index contributed by atoms with van der Waals surface area (Å²) in [5.74, 6) is 1.52. The lowest BCUT2D eigenvalue weighted by atomic mass is 9.92. The van der Waals surface area contributed by atoms with Crippen LogP contribution in [0.15, 0.2) is 77.4 Å². The van der Waals surface area contributed by atoms with E-state index < -0.39 is 0 Å². The van der Waals surface area contributed by atoms with Crippen molar-refractivity contribution in [2.75, 3.05) is 5.32 Å². The number of benzene rings is 3. The molecule has 0 fully saturated rings. The number of aromatic nitrogens is 4. The van der Waals surface area contributed by atoms with Crippen molar-refractivity contribution in [3.63, 3.8) is 0 Å². The van der Waals surface area contributed by atoms with Gasteiger partial charge in [-0.1, -0.05) is 57.2 Å². The smallest absolute Gasteiger partial charge is 0.150 e. The quantitative estimate of drug-likeness (QED) is 0.295. The highest BCUT2D eigenvalue weighted by Crippen LogP contribution is 2.31. The van der Waals surface area contributed by atoms with Crippen molar-refractivity contribution in [2.24, 2.45) is 0 Å². The highest BCUT2D eigenvalue weighted by atomic mass is 79.9. The van der Waals surface area contributed by atoms with Gasteiger partial charge in [0.05, 0.1) is 28.6 Å². The lowest BCUT2D eigenvalue weighted by Crippen LogP contribution is -2.12. The van der Waals surface area contributed by atoms with Gasteiger partial charge in [0, 0.05) is 16.0 Å². The van der Waals surface area contributed by atoms with E-state index in [4.69, 9.17) is 10.1 Å². The summed E-state index contributed by atoms with van der Waals surface area (Å²) in [6, 6.07) is 22.5. The first kappa shape index (κ1) is 19.7. The SMILES string of the molecule is CC(C)(C)c1cc(Nc2cnc3cc4ccccc4cc3n2)n(-c2ccccc2Br)n1. The minimum absolute atomic E-state index is 0.0864. The Morgan fingerprint density at radius 1 is 0.871 bits per heavy atom. The largest absolute Gasteiger partial charge is 0.324 e. The molecule has 3 aromatic carbocycles. The molecule has 154 valence electrons. The van der Waals surface area contributed by atoms with E-state index in [-0.39, 0.29) is 5.41 Å². The molecule has 2 aromatic heterocycles. The number of hydrogen-bond acceptors (Lipinski definition) is 4. The molecule has 6 heteroatoms. The molecule has 0 bridgehead atoms. The number of nitrogens with zero attached hydrogens (tertiary/aromatic N) is 4. The first-order valence-corrected chi connectivity index (χ1v) is 11.0. The monoisotopic (exact) mass is 471 g/mol. The maximum atomic E-state index is 4.89. The molecule has 0 saturated heterocycles. The molecule has 0 amide bonds. The lowest BCUT2D eigenvalue weighted by molar-refractivity contribution is 0.560. The Kier molecular flexibility index (Phi) is 4.74. The minimum atomic E-state index is -0.0864. The van der Waals surface area contributed by atoms with E-state index in [1.54, 1.807) is 6.20 Å². The fourth-order valence-corrected chi connectivity index (χ4v) is 3.99. The van der Waals surface area contributed by atoms with Gasteiger partial charge in [0.2, 0.25) is 0 Å². The Morgan fingerprint density at radius 3 is 2.26 bits per heavy atom. The van der Waals surface area contributed by atoms with Crippen molar-refractivity contribution >= 4 is 49.4 Å². The van der Waals surface area contributed by atoms with Gasteiger partial charge in [0.1, 0.15) is 5.82 Å². The second-order valence-electron chi connectivity index (χ2n) is 8.60. The van der Waals surface area contributed by atoms with Crippen LogP contribution in [0, 0.1) is 0 Å². The van der Waals surface area contributed by atoms with Gasteiger partial charge in [-0.3, -0.25) is 4.98 Å². The molecule has 5 nitrogen and oxygen atoms in total. The molecule has 0 aliphatic carbocycles. The van der Waals surface area contributed by atoms with Crippen molar-refractivity contribution in [3.8, 4) is 5.69 Å². The fourth-order valence-electron chi connectivity index (χ4n) is 3.53. The minimum Gasteiger partial charge on any atom is -0.324 e. The summed E-state index contributed by atoms with van der Waals surface area (Å²) in [5, 5.41) is 10.6. The van der Waals surface area contributed by atoms with Crippen molar-refractivity contribution in [1.29, 1.82) is 0 Å². The van der Waals surface area contributed by atoms with E-state index in [2.05, 4.69) is 77.3 Å². The summed E-state index contributed by atoms with van der Waals surface area (Å²) in [7, 11) is 0. The van der Waals surface area contributed by atoms with E-state index in [0.29, 0.717) is 5.82 Å². The third kappa shape index (κ3) is 3.79. The van der Waals surface area contributed by atoms with Gasteiger partial charge in [0.15, 0.2) is 5.82 Å². The molecule has 5 aromatic rings. The Balaban J connectivity index is 1.60. The van der Waals surface area contributed by atoms with Crippen LogP contribution in [0.5, 0.6) is 0 Å². The Bertz CT molecular complexity index is 1410. The molecule has 2 heterocycles. The second kappa shape index (κ2) is 7.46. The van der Waals surface area contributed by atoms with Gasteiger partial charge in [-0.25, -0.2) is 9.67 Å². The Labute approximate surface area is 189 Å². The van der Waals surface area contributed by atoms with Gasteiger partial charge < -0.3 is 5.32 Å². The van der Waals surface area contributed by atoms with E-state index in [9.17, 15) is 0 Å². The number of halogens is 1. The van der Waals surface area contributed by atoms with Gasteiger partial charge in [-0.05, 0) is 51.0 Å². The Hall–Kier alpha value is -3.25. The van der Waals surface area contributed by atoms with Crippen LogP contribution in [0.3, 0.4) is 0 Å². The molecule has 0 unspecified atom stereocenters. The van der Waals surface area contributed by atoms with Crippen LogP contribution in [-0.2, 0) is 5.41 Å². The zero-order valence-electron chi connectivity index (χ0n) is 17.6. The first-order chi connectivity index (χ1) is 14.9. The summed E-state index contributed by atoms with van der Waals surface area (Å²) < 4.78 is 2.88. The summed E-state index contributed by atoms with van der Waals surface area (Å²) in [6.45, 7) is 6.47. The van der Waals surface area contributed by atoms with Gasteiger partial charge >= 0.3 is 0 Å². The summed E-state index contributed by atoms with van der Waals surface area (Å²) >= 11 is 3.65. The van der Waals surface area contributed by atoms with Gasteiger partial charge in [-0.2, -0.15) is 5.10 Å². The summed E-state index contributed by atoms with van der Waals surface area (Å²) in [6.07, 6.45) is 1.77. The third-order valence-corrected chi connectivity index (χ3v) is 5.89. The highest BCUT2D eigenvalue weighted by molar-refractivity contribution is 9.10. The third-order valence-electron chi connectivity index (χ3n) is 5.22. The average molecular weight is 472 g/mol. The Morgan fingerprint density at radius 2 is 1.55 bits per heavy atom. The molecular weight excluding hydrogens is 450 g/mol. The van der Waals surface area contributed by atoms with Gasteiger partial charge in [0.25, 0.3) is 0 Å². The molecule has 0 aliphatic rings.